The summed E-state index contributed by atoms with van der Waals surface area (Å²) in [6.07, 6.45) is 0.669. The number of rotatable bonds is 6. The van der Waals surface area contributed by atoms with Crippen molar-refractivity contribution in [1.29, 1.82) is 0 Å². The summed E-state index contributed by atoms with van der Waals surface area (Å²) in [7, 11) is 4.82. The Morgan fingerprint density at radius 3 is 1.86 bits per heavy atom. The third-order valence-electron chi connectivity index (χ3n) is 5.71. The van der Waals surface area contributed by atoms with Crippen LogP contribution in [0.2, 0.25) is 0 Å². The fraction of sp³-hybridized carbons (Fsp3) is 0.409. The fourth-order valence-electron chi connectivity index (χ4n) is 4.27. The van der Waals surface area contributed by atoms with Crippen LogP contribution in [0.5, 0.6) is 17.2 Å². The minimum atomic E-state index is -0.0789. The number of methoxy groups -OCH3 is 3. The molecule has 28 heavy (non-hydrogen) atoms. The zero-order chi connectivity index (χ0) is 19.7. The van der Waals surface area contributed by atoms with Gasteiger partial charge in [0, 0.05) is 11.8 Å². The molecular weight excluding hydrogens is 360 g/mol. The molecule has 2 aliphatic heterocycles. The Balaban J connectivity index is 1.57. The Hall–Kier alpha value is -2.57. The monoisotopic (exact) mass is 384 g/mol. The molecule has 0 bridgehead atoms. The Morgan fingerprint density at radius 1 is 0.786 bits per heavy atom. The van der Waals surface area contributed by atoms with Gasteiger partial charge in [0.25, 0.3) is 0 Å². The molecule has 0 saturated carbocycles. The van der Waals surface area contributed by atoms with Gasteiger partial charge in [-0.1, -0.05) is 12.1 Å². The molecule has 0 N–H and O–H groups in total. The number of hydrogen-bond acceptors (Lipinski definition) is 6. The van der Waals surface area contributed by atoms with Crippen molar-refractivity contribution in [1.82, 2.24) is 0 Å². The largest absolute Gasteiger partial charge is 0.496 e. The molecule has 0 spiro atoms. The van der Waals surface area contributed by atoms with E-state index in [1.807, 2.05) is 30.3 Å². The van der Waals surface area contributed by atoms with Gasteiger partial charge >= 0.3 is 0 Å². The molecule has 0 radical (unpaired) electrons. The lowest BCUT2D eigenvalue weighted by Crippen LogP contribution is -2.14. The van der Waals surface area contributed by atoms with Gasteiger partial charge in [-0.2, -0.15) is 0 Å². The number of hydrogen-bond donors (Lipinski definition) is 0. The Kier molecular flexibility index (Phi) is 5.24. The maximum absolute atomic E-state index is 11.1. The quantitative estimate of drug-likeness (QED) is 0.709. The Labute approximate surface area is 164 Å². The molecule has 0 unspecified atom stereocenters. The van der Waals surface area contributed by atoms with Crippen LogP contribution in [0, 0.1) is 11.8 Å². The Morgan fingerprint density at radius 2 is 1.32 bits per heavy atom. The number of fused-ring (bicyclic) bond motifs is 1. The van der Waals surface area contributed by atoms with Gasteiger partial charge in [-0.3, -0.25) is 4.79 Å². The van der Waals surface area contributed by atoms with Gasteiger partial charge in [0.15, 0.2) is 17.8 Å². The van der Waals surface area contributed by atoms with Crippen molar-refractivity contribution in [3.05, 3.63) is 53.1 Å². The van der Waals surface area contributed by atoms with E-state index < -0.39 is 0 Å². The van der Waals surface area contributed by atoms with Gasteiger partial charge in [-0.15, -0.1) is 0 Å². The number of aldehydes is 1. The van der Waals surface area contributed by atoms with Crippen molar-refractivity contribution < 1.29 is 28.5 Å². The highest BCUT2D eigenvalue weighted by Crippen LogP contribution is 2.51. The molecule has 2 heterocycles. The summed E-state index contributed by atoms with van der Waals surface area (Å²) in [5.74, 6) is 2.44. The van der Waals surface area contributed by atoms with Gasteiger partial charge in [0.05, 0.1) is 52.3 Å². The summed E-state index contributed by atoms with van der Waals surface area (Å²) in [4.78, 5) is 11.1. The van der Waals surface area contributed by atoms with Crippen LogP contribution in [-0.2, 0) is 9.47 Å². The summed E-state index contributed by atoms with van der Waals surface area (Å²) >= 11 is 0. The van der Waals surface area contributed by atoms with Gasteiger partial charge in [-0.05, 0) is 35.4 Å². The molecular formula is C22H24O6. The molecule has 4 atom stereocenters. The highest BCUT2D eigenvalue weighted by molar-refractivity contribution is 5.79. The van der Waals surface area contributed by atoms with Crippen molar-refractivity contribution in [2.45, 2.75) is 12.2 Å². The lowest BCUT2D eigenvalue weighted by Gasteiger charge is -2.18. The van der Waals surface area contributed by atoms with E-state index in [1.54, 1.807) is 27.4 Å². The summed E-state index contributed by atoms with van der Waals surface area (Å²) in [5, 5.41) is 0. The van der Waals surface area contributed by atoms with Crippen LogP contribution >= 0.6 is 0 Å². The van der Waals surface area contributed by atoms with Gasteiger partial charge in [0.1, 0.15) is 5.75 Å². The second-order valence-corrected chi connectivity index (χ2v) is 7.07. The minimum absolute atomic E-state index is 0.0500. The molecule has 6 nitrogen and oxygen atoms in total. The van der Waals surface area contributed by atoms with Crippen molar-refractivity contribution in [2.24, 2.45) is 11.8 Å². The number of carbonyl (C=O) groups is 1. The zero-order valence-corrected chi connectivity index (χ0v) is 16.2. The lowest BCUT2D eigenvalue weighted by atomic mass is 9.84. The van der Waals surface area contributed by atoms with E-state index in [2.05, 4.69) is 0 Å². The summed E-state index contributed by atoms with van der Waals surface area (Å²) in [6, 6.07) is 11.5. The lowest BCUT2D eigenvalue weighted by molar-refractivity contribution is 0.0191. The van der Waals surface area contributed by atoms with E-state index in [0.717, 1.165) is 17.4 Å². The van der Waals surface area contributed by atoms with E-state index in [9.17, 15) is 4.79 Å². The maximum Gasteiger partial charge on any atom is 0.161 e. The normalized spacial score (nSPS) is 26.0. The van der Waals surface area contributed by atoms with Crippen molar-refractivity contribution in [2.75, 3.05) is 34.5 Å². The van der Waals surface area contributed by atoms with Crippen LogP contribution in [0.1, 0.15) is 33.7 Å². The molecule has 148 valence electrons. The first kappa shape index (κ1) is 18.8. The van der Waals surface area contributed by atoms with Crippen LogP contribution < -0.4 is 14.2 Å². The van der Waals surface area contributed by atoms with Gasteiger partial charge < -0.3 is 23.7 Å². The highest BCUT2D eigenvalue weighted by Gasteiger charge is 2.48. The first-order chi connectivity index (χ1) is 13.7. The molecule has 2 saturated heterocycles. The zero-order valence-electron chi connectivity index (χ0n) is 16.2. The van der Waals surface area contributed by atoms with E-state index >= 15 is 0 Å². The number of carbonyl (C=O) groups excluding carboxylic acids is 1. The molecule has 2 fully saturated rings. The highest BCUT2D eigenvalue weighted by atomic mass is 16.5. The smallest absolute Gasteiger partial charge is 0.161 e. The maximum atomic E-state index is 11.1. The predicted molar refractivity (Wildman–Crippen MR) is 102 cm³/mol. The summed E-state index contributed by atoms with van der Waals surface area (Å²) < 4.78 is 28.4. The molecule has 6 heteroatoms. The molecule has 0 aliphatic carbocycles. The van der Waals surface area contributed by atoms with Crippen LogP contribution in [0.15, 0.2) is 36.4 Å². The standard InChI is InChI=1S/C22H24O6/c1-24-18-7-6-14(9-20(18)26-3)22-17-12-27-21(16(17)11-28-22)13-4-5-15(10-23)19(8-13)25-2/h4-10,16-17,21-22H,11-12H2,1-3H3/t16-,17-,21+,22+/m0/s1. The molecule has 2 aliphatic rings. The second-order valence-electron chi connectivity index (χ2n) is 7.07. The van der Waals surface area contributed by atoms with E-state index in [4.69, 9.17) is 23.7 Å². The first-order valence-corrected chi connectivity index (χ1v) is 9.28. The first-order valence-electron chi connectivity index (χ1n) is 9.28. The van der Waals surface area contributed by atoms with Crippen LogP contribution in [0.4, 0.5) is 0 Å². The molecule has 2 aromatic carbocycles. The summed E-state index contributed by atoms with van der Waals surface area (Å²) in [5.41, 5.74) is 2.60. The van der Waals surface area contributed by atoms with Crippen LogP contribution in [-0.4, -0.2) is 40.8 Å². The van der Waals surface area contributed by atoms with E-state index in [-0.39, 0.29) is 24.0 Å². The fourth-order valence-corrected chi connectivity index (χ4v) is 4.27. The average Bonchev–Trinajstić information content (AvgIpc) is 3.35. The van der Waals surface area contributed by atoms with Crippen LogP contribution in [0.25, 0.3) is 0 Å². The minimum Gasteiger partial charge on any atom is -0.496 e. The van der Waals surface area contributed by atoms with Crippen molar-refractivity contribution in [3.8, 4) is 17.2 Å². The molecule has 0 aromatic heterocycles. The molecule has 0 amide bonds. The summed E-state index contributed by atoms with van der Waals surface area (Å²) in [6.45, 7) is 1.23. The SMILES string of the molecule is COc1cc([C@H]2OC[C@H]3[C@@H]2CO[C@@H]3c2ccc(OC)c(OC)c2)ccc1C=O. The van der Waals surface area contributed by atoms with E-state index in [1.165, 1.54) is 0 Å². The average molecular weight is 384 g/mol. The number of benzene rings is 2. The second kappa shape index (κ2) is 7.81. The van der Waals surface area contributed by atoms with Crippen molar-refractivity contribution >= 4 is 6.29 Å². The topological polar surface area (TPSA) is 63.2 Å². The van der Waals surface area contributed by atoms with E-state index in [0.29, 0.717) is 36.0 Å². The van der Waals surface area contributed by atoms with Gasteiger partial charge in [0.2, 0.25) is 0 Å². The molecule has 4 rings (SSSR count). The predicted octanol–water partition coefficient (Wildman–Crippen LogP) is 3.60. The Bertz CT molecular complexity index is 864. The van der Waals surface area contributed by atoms with Crippen molar-refractivity contribution in [3.63, 3.8) is 0 Å². The molecule has 2 aromatic rings. The number of ether oxygens (including phenoxy) is 5. The third-order valence-corrected chi connectivity index (χ3v) is 5.71. The van der Waals surface area contributed by atoms with Crippen LogP contribution in [0.3, 0.4) is 0 Å². The van der Waals surface area contributed by atoms with Gasteiger partial charge in [-0.25, -0.2) is 0 Å². The third kappa shape index (κ3) is 3.12.